The Morgan fingerprint density at radius 3 is 0.868 bits per heavy atom. The first-order valence-electron chi connectivity index (χ1n) is 25.2. The van der Waals surface area contributed by atoms with Gasteiger partial charge in [-0.05, 0) is 0 Å². The molecule has 0 aromatic rings. The second kappa shape index (κ2) is 29.1. The van der Waals surface area contributed by atoms with Crippen molar-refractivity contribution in [2.45, 2.75) is 48.8 Å². The molecule has 8 aliphatic heterocycles. The van der Waals surface area contributed by atoms with Gasteiger partial charge in [0.05, 0.1) is 168 Å². The van der Waals surface area contributed by atoms with Gasteiger partial charge in [0.25, 0.3) is 0 Å². The highest BCUT2D eigenvalue weighted by atomic mass is 33.1. The molecule has 0 amide bonds. The van der Waals surface area contributed by atoms with E-state index in [9.17, 15) is 10.2 Å². The molecule has 0 radical (unpaired) electrons. The molecule has 8 rings (SSSR count). The van der Waals surface area contributed by atoms with E-state index in [0.717, 1.165) is 117 Å². The van der Waals surface area contributed by atoms with Crippen molar-refractivity contribution in [2.24, 2.45) is 10.8 Å². The quantitative estimate of drug-likeness (QED) is 0.0420. The van der Waals surface area contributed by atoms with E-state index in [1.54, 1.807) is 0 Å². The van der Waals surface area contributed by atoms with Gasteiger partial charge in [-0.2, -0.15) is 0 Å². The van der Waals surface area contributed by atoms with E-state index in [2.05, 4.69) is 19.6 Å². The first-order valence-corrected chi connectivity index (χ1v) is 27.7. The Kier molecular flexibility index (Phi) is 23.2. The van der Waals surface area contributed by atoms with Crippen molar-refractivity contribution < 1.29 is 76.5 Å². The summed E-state index contributed by atoms with van der Waals surface area (Å²) in [6, 6.07) is 0. The smallest absolute Gasteiger partial charge is 0.104 e. The number of aliphatic hydroxyl groups excluding tert-OH is 2. The van der Waals surface area contributed by atoms with Crippen LogP contribution in [0.25, 0.3) is 0 Å². The standard InChI is InChI=1S/C46H82N4O16S2/c51-37(15-53-29-45(31-55-17-39-23-61-39,32-56-18-40-24-62-40)33-57-19-41-25-63-41)13-49-5-1-47(2-6-49)9-11-67-68-12-10-48-3-7-50(8-4-48)14-38(52)16-54-30-46(34-58-20-42-26-64-42,35-59-21-43-27-65-43)36-60-22-44-28-66-44/h37-44,51-52H,1-36H2. The zero-order valence-corrected chi connectivity index (χ0v) is 41.9. The Bertz CT molecular complexity index is 1180. The minimum Gasteiger partial charge on any atom is -0.389 e. The molecule has 0 aromatic carbocycles. The van der Waals surface area contributed by atoms with Gasteiger partial charge < -0.3 is 76.5 Å². The van der Waals surface area contributed by atoms with Gasteiger partial charge >= 0.3 is 0 Å². The van der Waals surface area contributed by atoms with E-state index in [4.69, 9.17) is 66.3 Å². The summed E-state index contributed by atoms with van der Waals surface area (Å²) in [6.07, 6.45) is -0.181. The molecular formula is C46H82N4O16S2. The Hall–Kier alpha value is -0.100. The predicted molar refractivity (Wildman–Crippen MR) is 253 cm³/mol. The lowest BCUT2D eigenvalue weighted by Gasteiger charge is -2.36. The summed E-state index contributed by atoms with van der Waals surface area (Å²) in [6.45, 7) is 22.4. The Morgan fingerprint density at radius 2 is 0.618 bits per heavy atom. The maximum atomic E-state index is 11.0. The second-order valence-electron chi connectivity index (χ2n) is 20.1. The average molecular weight is 1010 g/mol. The molecule has 8 aliphatic rings. The summed E-state index contributed by atoms with van der Waals surface area (Å²) in [5, 5.41) is 22.0. The molecule has 0 spiro atoms. The van der Waals surface area contributed by atoms with Crippen molar-refractivity contribution in [3.63, 3.8) is 0 Å². The molecule has 8 fully saturated rings. The number of piperazine rings is 2. The summed E-state index contributed by atoms with van der Waals surface area (Å²) >= 11 is 0. The topological polar surface area (TPSA) is 202 Å². The van der Waals surface area contributed by atoms with Gasteiger partial charge in [0, 0.05) is 90.0 Å². The van der Waals surface area contributed by atoms with Crippen LogP contribution in [0.2, 0.25) is 0 Å². The molecule has 0 aromatic heterocycles. The lowest BCUT2D eigenvalue weighted by Crippen LogP contribution is -2.49. The van der Waals surface area contributed by atoms with E-state index < -0.39 is 23.0 Å². The minimum absolute atomic E-state index is 0.166. The van der Waals surface area contributed by atoms with Gasteiger partial charge in [0.2, 0.25) is 0 Å². The van der Waals surface area contributed by atoms with Crippen molar-refractivity contribution in [3.05, 3.63) is 0 Å². The predicted octanol–water partition coefficient (Wildman–Crippen LogP) is -1.18. The molecule has 22 heteroatoms. The summed E-state index contributed by atoms with van der Waals surface area (Å²) < 4.78 is 80.8. The summed E-state index contributed by atoms with van der Waals surface area (Å²) in [5.74, 6) is 2.19. The van der Waals surface area contributed by atoms with Gasteiger partial charge in [-0.25, -0.2) is 0 Å². The number of β-amino-alcohol motifs (C(OH)–C–C–N with tert-alkyl or cyclic N) is 2. The molecule has 8 atom stereocenters. The van der Waals surface area contributed by atoms with Crippen molar-refractivity contribution >= 4 is 21.6 Å². The van der Waals surface area contributed by atoms with E-state index in [1.165, 1.54) is 0 Å². The summed E-state index contributed by atoms with van der Waals surface area (Å²) in [7, 11) is 3.93. The van der Waals surface area contributed by atoms with Gasteiger partial charge in [-0.15, -0.1) is 0 Å². The molecule has 394 valence electrons. The average Bonchev–Trinajstić information content (AvgIpc) is 4.10. The molecule has 0 saturated carbocycles. The lowest BCUT2D eigenvalue weighted by atomic mass is 9.92. The zero-order chi connectivity index (χ0) is 46.7. The Labute approximate surface area is 411 Å². The number of epoxide rings is 6. The van der Waals surface area contributed by atoms with Crippen LogP contribution in [0.5, 0.6) is 0 Å². The zero-order valence-electron chi connectivity index (χ0n) is 40.3. The first kappa shape index (κ1) is 54.2. The third kappa shape index (κ3) is 22.6. The maximum Gasteiger partial charge on any atom is 0.104 e. The van der Waals surface area contributed by atoms with E-state index in [1.807, 2.05) is 21.6 Å². The van der Waals surface area contributed by atoms with Crippen LogP contribution in [0.1, 0.15) is 0 Å². The highest BCUT2D eigenvalue weighted by Crippen LogP contribution is 2.27. The van der Waals surface area contributed by atoms with Gasteiger partial charge in [0.15, 0.2) is 0 Å². The fraction of sp³-hybridized carbons (Fsp3) is 1.00. The molecule has 8 unspecified atom stereocenters. The van der Waals surface area contributed by atoms with Crippen LogP contribution in [0.4, 0.5) is 0 Å². The van der Waals surface area contributed by atoms with Crippen LogP contribution >= 0.6 is 21.6 Å². The fourth-order valence-electron chi connectivity index (χ4n) is 8.29. The SMILES string of the molecule is OC(COCC(COCC1CO1)(COCC1CO1)COCC1CO1)CN1CCN(CCSSCCN2CCN(CC(O)COCC(COCC3CO3)(COCC3CO3)COCC3CO3)CC2)CC1. The number of hydrogen-bond acceptors (Lipinski definition) is 22. The van der Waals surface area contributed by atoms with Crippen LogP contribution in [-0.2, 0) is 66.3 Å². The van der Waals surface area contributed by atoms with Crippen molar-refractivity contribution in [1.82, 2.24) is 19.6 Å². The molecule has 68 heavy (non-hydrogen) atoms. The fourth-order valence-corrected chi connectivity index (χ4v) is 10.3. The number of nitrogens with zero attached hydrogens (tertiary/aromatic N) is 4. The second-order valence-corrected chi connectivity index (χ2v) is 22.8. The van der Waals surface area contributed by atoms with Gasteiger partial charge in [-0.1, -0.05) is 21.6 Å². The number of aliphatic hydroxyl groups is 2. The van der Waals surface area contributed by atoms with E-state index in [-0.39, 0.29) is 49.8 Å². The third-order valence-electron chi connectivity index (χ3n) is 13.1. The molecule has 0 aliphatic carbocycles. The lowest BCUT2D eigenvalue weighted by molar-refractivity contribution is -0.118. The van der Waals surface area contributed by atoms with Crippen LogP contribution in [-0.4, -0.2) is 314 Å². The first-order chi connectivity index (χ1) is 33.4. The van der Waals surface area contributed by atoms with Crippen molar-refractivity contribution in [2.75, 3.05) is 235 Å². The third-order valence-corrected chi connectivity index (χ3v) is 15.4. The van der Waals surface area contributed by atoms with Crippen LogP contribution < -0.4 is 0 Å². The Morgan fingerprint density at radius 1 is 0.382 bits per heavy atom. The molecule has 0 bridgehead atoms. The Balaban J connectivity index is 0.634. The number of ether oxygens (including phenoxy) is 14. The highest BCUT2D eigenvalue weighted by molar-refractivity contribution is 8.76. The number of hydrogen-bond donors (Lipinski definition) is 2. The molecule has 20 nitrogen and oxygen atoms in total. The van der Waals surface area contributed by atoms with Crippen LogP contribution in [0.3, 0.4) is 0 Å². The highest BCUT2D eigenvalue weighted by Gasteiger charge is 2.38. The van der Waals surface area contributed by atoms with Gasteiger partial charge in [-0.3, -0.25) is 19.6 Å². The molecular weight excluding hydrogens is 929 g/mol. The normalized spacial score (nSPS) is 29.9. The van der Waals surface area contributed by atoms with E-state index in [0.29, 0.717) is 106 Å². The number of rotatable bonds is 43. The molecule has 2 N–H and O–H groups in total. The van der Waals surface area contributed by atoms with Gasteiger partial charge in [0.1, 0.15) is 36.6 Å². The van der Waals surface area contributed by atoms with Crippen molar-refractivity contribution in [3.8, 4) is 0 Å². The molecule has 8 saturated heterocycles. The maximum absolute atomic E-state index is 11.0. The monoisotopic (exact) mass is 1010 g/mol. The largest absolute Gasteiger partial charge is 0.389 e. The van der Waals surface area contributed by atoms with E-state index >= 15 is 0 Å². The minimum atomic E-state index is -0.587. The summed E-state index contributed by atoms with van der Waals surface area (Å²) in [5.41, 5.74) is -1.03. The molecule has 8 heterocycles. The summed E-state index contributed by atoms with van der Waals surface area (Å²) in [4.78, 5) is 9.74. The van der Waals surface area contributed by atoms with Crippen molar-refractivity contribution in [1.29, 1.82) is 0 Å². The van der Waals surface area contributed by atoms with Crippen LogP contribution in [0, 0.1) is 10.8 Å². The van der Waals surface area contributed by atoms with Crippen LogP contribution in [0.15, 0.2) is 0 Å².